The van der Waals surface area contributed by atoms with Crippen molar-refractivity contribution in [2.45, 2.75) is 18.9 Å². The minimum atomic E-state index is 0.159. The molecule has 5 heteroatoms. The molecule has 0 amide bonds. The van der Waals surface area contributed by atoms with Gasteiger partial charge in [-0.3, -0.25) is 0 Å². The number of fused-ring (bicyclic) bond motifs is 1. The molecular weight excluding hydrogens is 318 g/mol. The van der Waals surface area contributed by atoms with Crippen molar-refractivity contribution < 1.29 is 18.9 Å². The lowest BCUT2D eigenvalue weighted by atomic mass is 9.88. The Morgan fingerprint density at radius 1 is 0.840 bits per heavy atom. The molecule has 1 atom stereocenters. The highest BCUT2D eigenvalue weighted by Crippen LogP contribution is 2.39. The van der Waals surface area contributed by atoms with Gasteiger partial charge in [0.25, 0.3) is 0 Å². The molecule has 2 aromatic rings. The summed E-state index contributed by atoms with van der Waals surface area (Å²) in [4.78, 5) is 0. The number of rotatable bonds is 6. The van der Waals surface area contributed by atoms with Crippen molar-refractivity contribution in [2.24, 2.45) is 0 Å². The second-order valence-corrected chi connectivity index (χ2v) is 6.01. The SMILES string of the molecule is COc1ccc(C[C@@H]2NCCc3c(OC)ccc(OC)c32)cc1OC. The molecule has 0 saturated heterocycles. The predicted molar refractivity (Wildman–Crippen MR) is 97.2 cm³/mol. The van der Waals surface area contributed by atoms with Crippen LogP contribution >= 0.6 is 0 Å². The Labute approximate surface area is 148 Å². The number of benzene rings is 2. The van der Waals surface area contributed by atoms with Gasteiger partial charge in [-0.2, -0.15) is 0 Å². The minimum absolute atomic E-state index is 0.159. The van der Waals surface area contributed by atoms with Gasteiger partial charge in [0, 0.05) is 17.2 Å². The fourth-order valence-electron chi connectivity index (χ4n) is 3.52. The van der Waals surface area contributed by atoms with Crippen LogP contribution in [0.3, 0.4) is 0 Å². The highest BCUT2D eigenvalue weighted by molar-refractivity contribution is 5.52. The van der Waals surface area contributed by atoms with Crippen molar-refractivity contribution in [2.75, 3.05) is 35.0 Å². The standard InChI is InChI=1S/C20H25NO4/c1-22-16-7-8-18(24-3)20-14(16)9-10-21-15(20)11-13-5-6-17(23-2)19(12-13)25-4/h5-8,12,15,21H,9-11H2,1-4H3/t15-/m0/s1. The molecule has 2 aromatic carbocycles. The first-order chi connectivity index (χ1) is 12.2. The van der Waals surface area contributed by atoms with Gasteiger partial charge in [-0.05, 0) is 49.2 Å². The van der Waals surface area contributed by atoms with Gasteiger partial charge in [0.2, 0.25) is 0 Å². The average molecular weight is 343 g/mol. The molecule has 0 aliphatic carbocycles. The summed E-state index contributed by atoms with van der Waals surface area (Å²) in [5, 5.41) is 3.61. The van der Waals surface area contributed by atoms with Crippen molar-refractivity contribution in [3.63, 3.8) is 0 Å². The van der Waals surface area contributed by atoms with Crippen LogP contribution < -0.4 is 24.3 Å². The average Bonchev–Trinajstić information content (AvgIpc) is 2.67. The first kappa shape index (κ1) is 17.4. The van der Waals surface area contributed by atoms with Crippen LogP contribution in [0, 0.1) is 0 Å². The van der Waals surface area contributed by atoms with Crippen LogP contribution in [0.25, 0.3) is 0 Å². The summed E-state index contributed by atoms with van der Waals surface area (Å²) >= 11 is 0. The smallest absolute Gasteiger partial charge is 0.160 e. The highest BCUT2D eigenvalue weighted by atomic mass is 16.5. The zero-order valence-electron chi connectivity index (χ0n) is 15.2. The molecule has 0 radical (unpaired) electrons. The summed E-state index contributed by atoms with van der Waals surface area (Å²) in [6, 6.07) is 10.2. The van der Waals surface area contributed by atoms with E-state index in [9.17, 15) is 0 Å². The van der Waals surface area contributed by atoms with E-state index in [-0.39, 0.29) is 6.04 Å². The van der Waals surface area contributed by atoms with E-state index >= 15 is 0 Å². The number of hydrogen-bond donors (Lipinski definition) is 1. The molecule has 0 unspecified atom stereocenters. The second kappa shape index (κ2) is 7.66. The molecule has 25 heavy (non-hydrogen) atoms. The summed E-state index contributed by atoms with van der Waals surface area (Å²) in [6.45, 7) is 0.911. The van der Waals surface area contributed by atoms with Crippen LogP contribution in [0.5, 0.6) is 23.0 Å². The molecule has 0 saturated carbocycles. The maximum atomic E-state index is 5.62. The van der Waals surface area contributed by atoms with E-state index in [1.54, 1.807) is 28.4 Å². The summed E-state index contributed by atoms with van der Waals surface area (Å²) in [5.41, 5.74) is 3.59. The van der Waals surface area contributed by atoms with Crippen LogP contribution in [0.15, 0.2) is 30.3 Å². The lowest BCUT2D eigenvalue weighted by molar-refractivity contribution is 0.354. The maximum Gasteiger partial charge on any atom is 0.160 e. The van der Waals surface area contributed by atoms with E-state index in [4.69, 9.17) is 18.9 Å². The van der Waals surface area contributed by atoms with Crippen molar-refractivity contribution in [3.8, 4) is 23.0 Å². The molecule has 1 N–H and O–H groups in total. The number of nitrogens with one attached hydrogen (secondary N) is 1. The van der Waals surface area contributed by atoms with E-state index < -0.39 is 0 Å². The van der Waals surface area contributed by atoms with E-state index in [0.29, 0.717) is 0 Å². The highest BCUT2D eigenvalue weighted by Gasteiger charge is 2.26. The predicted octanol–water partition coefficient (Wildman–Crippen LogP) is 3.15. The first-order valence-electron chi connectivity index (χ1n) is 8.39. The van der Waals surface area contributed by atoms with Gasteiger partial charge in [0.05, 0.1) is 28.4 Å². The third kappa shape index (κ3) is 3.37. The van der Waals surface area contributed by atoms with Gasteiger partial charge in [-0.25, -0.2) is 0 Å². The van der Waals surface area contributed by atoms with Gasteiger partial charge in [0.15, 0.2) is 11.5 Å². The monoisotopic (exact) mass is 343 g/mol. The van der Waals surface area contributed by atoms with Crippen molar-refractivity contribution in [3.05, 3.63) is 47.0 Å². The zero-order chi connectivity index (χ0) is 17.8. The van der Waals surface area contributed by atoms with E-state index in [1.165, 1.54) is 16.7 Å². The Morgan fingerprint density at radius 2 is 1.48 bits per heavy atom. The molecule has 0 fully saturated rings. The Bertz CT molecular complexity index is 745. The van der Waals surface area contributed by atoms with Crippen LogP contribution in [0.2, 0.25) is 0 Å². The normalized spacial score (nSPS) is 16.1. The molecule has 1 heterocycles. The van der Waals surface area contributed by atoms with Gasteiger partial charge in [-0.15, -0.1) is 0 Å². The fraction of sp³-hybridized carbons (Fsp3) is 0.400. The van der Waals surface area contributed by atoms with Crippen molar-refractivity contribution in [1.82, 2.24) is 5.32 Å². The van der Waals surface area contributed by atoms with Crippen LogP contribution in [0.1, 0.15) is 22.7 Å². The van der Waals surface area contributed by atoms with Gasteiger partial charge in [0.1, 0.15) is 11.5 Å². The summed E-state index contributed by atoms with van der Waals surface area (Å²) in [5.74, 6) is 3.30. The van der Waals surface area contributed by atoms with Gasteiger partial charge >= 0.3 is 0 Å². The van der Waals surface area contributed by atoms with Crippen LogP contribution in [0.4, 0.5) is 0 Å². The first-order valence-corrected chi connectivity index (χ1v) is 8.39. The summed E-state index contributed by atoms with van der Waals surface area (Å²) in [6.07, 6.45) is 1.76. The van der Waals surface area contributed by atoms with Crippen LogP contribution in [-0.4, -0.2) is 35.0 Å². The Kier molecular flexibility index (Phi) is 5.34. The quantitative estimate of drug-likeness (QED) is 0.873. The molecule has 5 nitrogen and oxygen atoms in total. The Morgan fingerprint density at radius 3 is 2.16 bits per heavy atom. The Hall–Kier alpha value is -2.40. The van der Waals surface area contributed by atoms with Gasteiger partial charge < -0.3 is 24.3 Å². The molecule has 0 bridgehead atoms. The van der Waals surface area contributed by atoms with Crippen molar-refractivity contribution in [1.29, 1.82) is 0 Å². The van der Waals surface area contributed by atoms with Crippen LogP contribution in [-0.2, 0) is 12.8 Å². The van der Waals surface area contributed by atoms with E-state index in [2.05, 4.69) is 11.4 Å². The Balaban J connectivity index is 1.96. The number of ether oxygens (including phenoxy) is 4. The second-order valence-electron chi connectivity index (χ2n) is 6.01. The third-order valence-electron chi connectivity index (χ3n) is 4.72. The zero-order valence-corrected chi connectivity index (χ0v) is 15.2. The summed E-state index contributed by atoms with van der Waals surface area (Å²) in [7, 11) is 6.73. The number of hydrogen-bond acceptors (Lipinski definition) is 5. The van der Waals surface area contributed by atoms with Crippen molar-refractivity contribution >= 4 is 0 Å². The molecule has 0 aromatic heterocycles. The molecular formula is C20H25NO4. The molecule has 134 valence electrons. The number of methoxy groups -OCH3 is 4. The largest absolute Gasteiger partial charge is 0.496 e. The minimum Gasteiger partial charge on any atom is -0.496 e. The lowest BCUT2D eigenvalue weighted by Gasteiger charge is -2.30. The molecule has 1 aliphatic rings. The maximum absolute atomic E-state index is 5.62. The fourth-order valence-corrected chi connectivity index (χ4v) is 3.52. The van der Waals surface area contributed by atoms with E-state index in [0.717, 1.165) is 42.4 Å². The van der Waals surface area contributed by atoms with Gasteiger partial charge in [-0.1, -0.05) is 6.07 Å². The molecule has 3 rings (SSSR count). The lowest BCUT2D eigenvalue weighted by Crippen LogP contribution is -2.32. The molecule has 1 aliphatic heterocycles. The third-order valence-corrected chi connectivity index (χ3v) is 4.72. The van der Waals surface area contributed by atoms with E-state index in [1.807, 2.05) is 24.3 Å². The summed E-state index contributed by atoms with van der Waals surface area (Å²) < 4.78 is 21.9. The topological polar surface area (TPSA) is 49.0 Å². The molecule has 0 spiro atoms.